The molecule has 1 aliphatic carbocycles. The van der Waals surface area contributed by atoms with Gasteiger partial charge in [-0.05, 0) is 25.2 Å². The van der Waals surface area contributed by atoms with Gasteiger partial charge in [0.25, 0.3) is 0 Å². The summed E-state index contributed by atoms with van der Waals surface area (Å²) < 4.78 is 0. The van der Waals surface area contributed by atoms with E-state index >= 15 is 0 Å². The van der Waals surface area contributed by atoms with Crippen LogP contribution in [0.2, 0.25) is 0 Å². The highest BCUT2D eigenvalue weighted by atomic mass is 16.3. The summed E-state index contributed by atoms with van der Waals surface area (Å²) in [6.45, 7) is 4.81. The highest BCUT2D eigenvalue weighted by molar-refractivity contribution is 5.75. The molecular formula is C16H31NO2. The second kappa shape index (κ2) is 8.57. The Morgan fingerprint density at radius 3 is 2.74 bits per heavy atom. The first-order valence-corrected chi connectivity index (χ1v) is 8.05. The first kappa shape index (κ1) is 16.5. The van der Waals surface area contributed by atoms with Gasteiger partial charge < -0.3 is 10.4 Å². The summed E-state index contributed by atoms with van der Waals surface area (Å²) in [5.74, 6) is 0.674. The minimum atomic E-state index is -0.657. The van der Waals surface area contributed by atoms with Crippen molar-refractivity contribution in [2.75, 3.05) is 6.54 Å². The molecule has 2 N–H and O–H groups in total. The van der Waals surface area contributed by atoms with E-state index in [0.717, 1.165) is 32.1 Å². The van der Waals surface area contributed by atoms with Gasteiger partial charge in [0.2, 0.25) is 5.91 Å². The molecule has 0 aliphatic heterocycles. The summed E-state index contributed by atoms with van der Waals surface area (Å²) in [7, 11) is 0. The molecule has 0 spiro atoms. The zero-order valence-corrected chi connectivity index (χ0v) is 12.7. The highest BCUT2D eigenvalue weighted by Crippen LogP contribution is 2.31. The van der Waals surface area contributed by atoms with Gasteiger partial charge in [-0.3, -0.25) is 4.79 Å². The third-order valence-electron chi connectivity index (χ3n) is 4.19. The van der Waals surface area contributed by atoms with Crippen molar-refractivity contribution in [2.45, 2.75) is 83.7 Å². The maximum absolute atomic E-state index is 11.7. The number of carbonyl (C=O) groups excluding carboxylic acids is 1. The fourth-order valence-electron chi connectivity index (χ4n) is 3.03. The van der Waals surface area contributed by atoms with Crippen molar-refractivity contribution >= 4 is 5.91 Å². The van der Waals surface area contributed by atoms with Gasteiger partial charge in [-0.1, -0.05) is 52.4 Å². The molecule has 19 heavy (non-hydrogen) atoms. The largest absolute Gasteiger partial charge is 0.388 e. The molecule has 0 bridgehead atoms. The summed E-state index contributed by atoms with van der Waals surface area (Å²) in [6.07, 6.45) is 10.4. The topological polar surface area (TPSA) is 49.3 Å². The molecule has 1 saturated carbocycles. The molecule has 2 atom stereocenters. The number of rotatable bonds is 8. The second-order valence-corrected chi connectivity index (χ2v) is 6.37. The number of amides is 1. The number of aliphatic hydroxyl groups is 1. The minimum Gasteiger partial charge on any atom is -0.388 e. The van der Waals surface area contributed by atoms with E-state index in [-0.39, 0.29) is 5.91 Å². The first-order valence-electron chi connectivity index (χ1n) is 8.05. The predicted octanol–water partition coefficient (Wildman–Crippen LogP) is 3.40. The lowest BCUT2D eigenvalue weighted by molar-refractivity contribution is -0.123. The quantitative estimate of drug-likeness (QED) is 0.663. The third kappa shape index (κ3) is 6.95. The van der Waals surface area contributed by atoms with Crippen molar-refractivity contribution < 1.29 is 9.90 Å². The molecule has 1 aliphatic rings. The van der Waals surface area contributed by atoms with E-state index in [9.17, 15) is 9.90 Å². The standard InChI is InChI=1S/C16H31NO2/c1-3-4-5-6-7-10-15(18)17-13-16(19)11-8-9-14(2)12-16/h14,19H,3-13H2,1-2H3,(H,17,18). The molecule has 2 unspecified atom stereocenters. The lowest BCUT2D eigenvalue weighted by Gasteiger charge is -2.35. The molecule has 0 aromatic heterocycles. The molecule has 0 radical (unpaired) electrons. The van der Waals surface area contributed by atoms with Gasteiger partial charge in [0.1, 0.15) is 0 Å². The van der Waals surface area contributed by atoms with Gasteiger partial charge in [-0.2, -0.15) is 0 Å². The lowest BCUT2D eigenvalue weighted by Crippen LogP contribution is -2.45. The van der Waals surface area contributed by atoms with Gasteiger partial charge >= 0.3 is 0 Å². The Kier molecular flexibility index (Phi) is 7.44. The molecule has 0 aromatic carbocycles. The smallest absolute Gasteiger partial charge is 0.220 e. The van der Waals surface area contributed by atoms with Crippen molar-refractivity contribution in [3.8, 4) is 0 Å². The molecule has 1 fully saturated rings. The summed E-state index contributed by atoms with van der Waals surface area (Å²) in [6, 6.07) is 0. The minimum absolute atomic E-state index is 0.100. The lowest BCUT2D eigenvalue weighted by atomic mass is 9.79. The van der Waals surface area contributed by atoms with Crippen LogP contribution in [0.1, 0.15) is 78.1 Å². The second-order valence-electron chi connectivity index (χ2n) is 6.37. The van der Waals surface area contributed by atoms with E-state index in [0.29, 0.717) is 18.9 Å². The Labute approximate surface area is 118 Å². The first-order chi connectivity index (χ1) is 9.06. The summed E-state index contributed by atoms with van der Waals surface area (Å²) in [5.41, 5.74) is -0.657. The van der Waals surface area contributed by atoms with Crippen LogP contribution in [-0.4, -0.2) is 23.2 Å². The van der Waals surface area contributed by atoms with Gasteiger partial charge in [0.15, 0.2) is 0 Å². The van der Waals surface area contributed by atoms with E-state index in [1.54, 1.807) is 0 Å². The van der Waals surface area contributed by atoms with E-state index in [2.05, 4.69) is 19.2 Å². The van der Waals surface area contributed by atoms with Crippen LogP contribution < -0.4 is 5.32 Å². The SMILES string of the molecule is CCCCCCCC(=O)NCC1(O)CCCC(C)C1. The number of carbonyl (C=O) groups is 1. The number of hydrogen-bond donors (Lipinski definition) is 2. The molecule has 112 valence electrons. The fourth-order valence-corrected chi connectivity index (χ4v) is 3.03. The maximum atomic E-state index is 11.7. The number of hydrogen-bond acceptors (Lipinski definition) is 2. The van der Waals surface area contributed by atoms with E-state index in [4.69, 9.17) is 0 Å². The van der Waals surface area contributed by atoms with Crippen LogP contribution >= 0.6 is 0 Å². The van der Waals surface area contributed by atoms with Crippen molar-refractivity contribution in [3.63, 3.8) is 0 Å². The van der Waals surface area contributed by atoms with E-state index in [1.807, 2.05) is 0 Å². The van der Waals surface area contributed by atoms with Crippen LogP contribution in [0.5, 0.6) is 0 Å². The Bertz CT molecular complexity index is 267. The van der Waals surface area contributed by atoms with Crippen LogP contribution in [0.15, 0.2) is 0 Å². The molecule has 0 saturated heterocycles. The molecule has 1 amide bonds. The highest BCUT2D eigenvalue weighted by Gasteiger charge is 2.32. The zero-order chi connectivity index (χ0) is 14.1. The Hall–Kier alpha value is -0.570. The van der Waals surface area contributed by atoms with Gasteiger partial charge in [0.05, 0.1) is 5.60 Å². The van der Waals surface area contributed by atoms with Crippen LogP contribution in [0.3, 0.4) is 0 Å². The van der Waals surface area contributed by atoms with Crippen LogP contribution in [0.4, 0.5) is 0 Å². The summed E-state index contributed by atoms with van der Waals surface area (Å²) in [5, 5.41) is 13.3. The third-order valence-corrected chi connectivity index (χ3v) is 4.19. The van der Waals surface area contributed by atoms with Gasteiger partial charge in [-0.15, -0.1) is 0 Å². The average molecular weight is 269 g/mol. The molecule has 0 heterocycles. The summed E-state index contributed by atoms with van der Waals surface area (Å²) >= 11 is 0. The van der Waals surface area contributed by atoms with Crippen LogP contribution in [0.25, 0.3) is 0 Å². The molecule has 3 nitrogen and oxygen atoms in total. The molecule has 0 aromatic rings. The van der Waals surface area contributed by atoms with Crippen molar-refractivity contribution in [2.24, 2.45) is 5.92 Å². The van der Waals surface area contributed by atoms with Crippen molar-refractivity contribution in [1.82, 2.24) is 5.32 Å². The van der Waals surface area contributed by atoms with Crippen LogP contribution in [-0.2, 0) is 4.79 Å². The Morgan fingerprint density at radius 2 is 2.05 bits per heavy atom. The average Bonchev–Trinajstić information content (AvgIpc) is 2.36. The number of unbranched alkanes of at least 4 members (excludes halogenated alkanes) is 4. The monoisotopic (exact) mass is 269 g/mol. The maximum Gasteiger partial charge on any atom is 0.220 e. The van der Waals surface area contributed by atoms with Crippen molar-refractivity contribution in [3.05, 3.63) is 0 Å². The van der Waals surface area contributed by atoms with E-state index < -0.39 is 5.60 Å². The molecule has 3 heteroatoms. The molecule has 1 rings (SSSR count). The van der Waals surface area contributed by atoms with Gasteiger partial charge in [-0.25, -0.2) is 0 Å². The van der Waals surface area contributed by atoms with E-state index in [1.165, 1.54) is 25.7 Å². The number of nitrogens with one attached hydrogen (secondary N) is 1. The van der Waals surface area contributed by atoms with Crippen LogP contribution in [0, 0.1) is 5.92 Å². The Balaban J connectivity index is 2.11. The molecular weight excluding hydrogens is 238 g/mol. The normalized spacial score (nSPS) is 27.2. The van der Waals surface area contributed by atoms with Crippen molar-refractivity contribution in [1.29, 1.82) is 0 Å². The Morgan fingerprint density at radius 1 is 1.32 bits per heavy atom. The fraction of sp³-hybridized carbons (Fsp3) is 0.938. The van der Waals surface area contributed by atoms with Gasteiger partial charge in [0, 0.05) is 13.0 Å². The predicted molar refractivity (Wildman–Crippen MR) is 79.0 cm³/mol. The zero-order valence-electron chi connectivity index (χ0n) is 12.7. The summed E-state index contributed by atoms with van der Waals surface area (Å²) in [4.78, 5) is 11.7.